The molecule has 0 aliphatic heterocycles. The van der Waals surface area contributed by atoms with E-state index in [1.54, 1.807) is 44.6 Å². The number of methoxy groups -OCH3 is 2. The molecule has 142 valence electrons. The van der Waals surface area contributed by atoms with E-state index in [4.69, 9.17) is 24.4 Å². The minimum atomic E-state index is -0.981. The van der Waals surface area contributed by atoms with Crippen molar-refractivity contribution in [1.29, 1.82) is 0 Å². The molecule has 25 heavy (non-hydrogen) atoms. The molecule has 0 fully saturated rings. The Bertz CT molecular complexity index is 474. The summed E-state index contributed by atoms with van der Waals surface area (Å²) >= 11 is 0. The van der Waals surface area contributed by atoms with Gasteiger partial charge in [-0.1, -0.05) is 24.8 Å². The number of carboxylic acids is 2. The molecule has 0 bridgehead atoms. The van der Waals surface area contributed by atoms with Gasteiger partial charge in [0.05, 0.1) is 31.0 Å². The van der Waals surface area contributed by atoms with E-state index in [1.165, 1.54) is 0 Å². The van der Waals surface area contributed by atoms with Gasteiger partial charge in [-0.25, -0.2) is 9.59 Å². The average Bonchev–Trinajstić information content (AvgIpc) is 2.61. The van der Waals surface area contributed by atoms with E-state index < -0.39 is 11.9 Å². The summed E-state index contributed by atoms with van der Waals surface area (Å²) in [5.41, 5.74) is 0.331. The Morgan fingerprint density at radius 2 is 1.60 bits per heavy atom. The number of ether oxygens (including phenoxy) is 3. The number of hydrogen-bond donors (Lipinski definition) is 2. The molecule has 2 atom stereocenters. The SMILES string of the molecule is C=CC(=O)O.COCC(C)OCC(C)OC.O=C(O)c1ccccc1. The molecule has 0 amide bonds. The van der Waals surface area contributed by atoms with Crippen molar-refractivity contribution in [3.63, 3.8) is 0 Å². The number of rotatable bonds is 8. The lowest BCUT2D eigenvalue weighted by Gasteiger charge is -2.14. The quantitative estimate of drug-likeness (QED) is 0.690. The van der Waals surface area contributed by atoms with E-state index in [9.17, 15) is 9.59 Å². The average molecular weight is 356 g/mol. The summed E-state index contributed by atoms with van der Waals surface area (Å²) in [7, 11) is 3.34. The fraction of sp³-hybridized carbons (Fsp3) is 0.444. The van der Waals surface area contributed by atoms with E-state index in [-0.39, 0.29) is 12.2 Å². The summed E-state index contributed by atoms with van der Waals surface area (Å²) in [6.45, 7) is 8.17. The zero-order valence-corrected chi connectivity index (χ0v) is 15.2. The molecule has 7 heteroatoms. The number of benzene rings is 1. The maximum absolute atomic E-state index is 10.2. The van der Waals surface area contributed by atoms with Crippen molar-refractivity contribution in [3.05, 3.63) is 48.6 Å². The van der Waals surface area contributed by atoms with Gasteiger partial charge in [-0.2, -0.15) is 0 Å². The van der Waals surface area contributed by atoms with Crippen LogP contribution in [0.1, 0.15) is 24.2 Å². The van der Waals surface area contributed by atoms with E-state index in [1.807, 2.05) is 13.8 Å². The lowest BCUT2D eigenvalue weighted by molar-refractivity contribution is -0.131. The first kappa shape index (κ1) is 25.0. The Kier molecular flexibility index (Phi) is 16.6. The molecule has 0 aliphatic rings. The van der Waals surface area contributed by atoms with Crippen LogP contribution in [-0.2, 0) is 19.0 Å². The number of aromatic carboxylic acids is 1. The predicted molar refractivity (Wildman–Crippen MR) is 95.0 cm³/mol. The topological polar surface area (TPSA) is 102 Å². The maximum atomic E-state index is 10.2. The third kappa shape index (κ3) is 18.0. The fourth-order valence-electron chi connectivity index (χ4n) is 1.23. The normalized spacial score (nSPS) is 11.7. The van der Waals surface area contributed by atoms with E-state index in [2.05, 4.69) is 6.58 Å². The van der Waals surface area contributed by atoms with Crippen LogP contribution in [0.25, 0.3) is 0 Å². The Balaban J connectivity index is 0. The highest BCUT2D eigenvalue weighted by Gasteiger charge is 2.04. The molecule has 0 radical (unpaired) electrons. The van der Waals surface area contributed by atoms with Crippen molar-refractivity contribution in [3.8, 4) is 0 Å². The van der Waals surface area contributed by atoms with Crippen molar-refractivity contribution in [2.24, 2.45) is 0 Å². The molecule has 0 saturated carbocycles. The van der Waals surface area contributed by atoms with Crippen LogP contribution in [0.5, 0.6) is 0 Å². The summed E-state index contributed by atoms with van der Waals surface area (Å²) in [6, 6.07) is 8.30. The van der Waals surface area contributed by atoms with E-state index in [0.29, 0.717) is 18.8 Å². The Labute approximate surface area is 148 Å². The van der Waals surface area contributed by atoms with Gasteiger partial charge < -0.3 is 24.4 Å². The van der Waals surface area contributed by atoms with Gasteiger partial charge >= 0.3 is 11.9 Å². The molecule has 1 aromatic rings. The summed E-state index contributed by atoms with van der Waals surface area (Å²) in [5, 5.41) is 16.0. The monoisotopic (exact) mass is 356 g/mol. The zero-order valence-electron chi connectivity index (χ0n) is 15.2. The third-order valence-corrected chi connectivity index (χ3v) is 2.61. The highest BCUT2D eigenvalue weighted by atomic mass is 16.5. The maximum Gasteiger partial charge on any atom is 0.335 e. The van der Waals surface area contributed by atoms with Crippen molar-refractivity contribution < 1.29 is 34.0 Å². The molecule has 2 unspecified atom stereocenters. The van der Waals surface area contributed by atoms with Gasteiger partial charge in [0, 0.05) is 20.3 Å². The highest BCUT2D eigenvalue weighted by Crippen LogP contribution is 1.96. The third-order valence-electron chi connectivity index (χ3n) is 2.61. The molecule has 7 nitrogen and oxygen atoms in total. The first-order valence-corrected chi connectivity index (χ1v) is 7.55. The molecule has 0 heterocycles. The molecule has 1 rings (SSSR count). The molecule has 0 aromatic heterocycles. The van der Waals surface area contributed by atoms with Gasteiger partial charge in [-0.15, -0.1) is 0 Å². The number of aliphatic carboxylic acids is 1. The van der Waals surface area contributed by atoms with E-state index in [0.717, 1.165) is 6.08 Å². The summed E-state index contributed by atoms with van der Waals surface area (Å²) in [5.74, 6) is -1.86. The largest absolute Gasteiger partial charge is 0.478 e. The first-order valence-electron chi connectivity index (χ1n) is 7.55. The van der Waals surface area contributed by atoms with Crippen LogP contribution >= 0.6 is 0 Å². The lowest BCUT2D eigenvalue weighted by atomic mass is 10.2. The van der Waals surface area contributed by atoms with Gasteiger partial charge in [0.2, 0.25) is 0 Å². The fourth-order valence-corrected chi connectivity index (χ4v) is 1.23. The van der Waals surface area contributed by atoms with Crippen LogP contribution in [0.3, 0.4) is 0 Å². The van der Waals surface area contributed by atoms with Crippen LogP contribution < -0.4 is 0 Å². The van der Waals surface area contributed by atoms with Gasteiger partial charge in [-0.05, 0) is 26.0 Å². The van der Waals surface area contributed by atoms with Crippen LogP contribution in [0, 0.1) is 0 Å². The van der Waals surface area contributed by atoms with Crippen LogP contribution in [-0.4, -0.2) is 61.8 Å². The first-order chi connectivity index (χ1) is 11.8. The van der Waals surface area contributed by atoms with Gasteiger partial charge in [0.25, 0.3) is 0 Å². The molecular formula is C18H28O7. The molecule has 0 saturated heterocycles. The Morgan fingerprint density at radius 3 is 1.92 bits per heavy atom. The molecule has 0 spiro atoms. The Morgan fingerprint density at radius 1 is 1.08 bits per heavy atom. The van der Waals surface area contributed by atoms with Crippen molar-refractivity contribution in [1.82, 2.24) is 0 Å². The second-order valence-electron chi connectivity index (χ2n) is 4.86. The van der Waals surface area contributed by atoms with Crippen LogP contribution in [0.15, 0.2) is 43.0 Å². The predicted octanol–water partition coefficient (Wildman–Crippen LogP) is 2.71. The van der Waals surface area contributed by atoms with Crippen LogP contribution in [0.4, 0.5) is 0 Å². The van der Waals surface area contributed by atoms with Gasteiger partial charge in [0.15, 0.2) is 0 Å². The van der Waals surface area contributed by atoms with E-state index >= 15 is 0 Å². The molecular weight excluding hydrogens is 328 g/mol. The second-order valence-corrected chi connectivity index (χ2v) is 4.86. The number of carboxylic acid groups (broad SMARTS) is 2. The summed E-state index contributed by atoms with van der Waals surface area (Å²) in [6.07, 6.45) is 1.15. The highest BCUT2D eigenvalue weighted by molar-refractivity contribution is 5.87. The minimum Gasteiger partial charge on any atom is -0.478 e. The smallest absolute Gasteiger partial charge is 0.335 e. The van der Waals surface area contributed by atoms with Crippen molar-refractivity contribution in [2.75, 3.05) is 27.4 Å². The number of carbonyl (C=O) groups is 2. The molecule has 2 N–H and O–H groups in total. The number of hydrogen-bond acceptors (Lipinski definition) is 5. The standard InChI is InChI=1S/C8H18O3.C7H6O2.C3H4O2/c1-7(10-4)6-11-8(2)5-9-3;8-7(9)6-4-2-1-3-5-6;1-2-3(4)5/h7-8H,5-6H2,1-4H3;1-5H,(H,8,9);2H,1H2,(H,4,5). The summed E-state index contributed by atoms with van der Waals surface area (Å²) < 4.78 is 15.3. The Hall–Kier alpha value is -2.22. The lowest BCUT2D eigenvalue weighted by Crippen LogP contribution is -2.21. The summed E-state index contributed by atoms with van der Waals surface area (Å²) in [4.78, 5) is 19.5. The van der Waals surface area contributed by atoms with Crippen molar-refractivity contribution >= 4 is 11.9 Å². The van der Waals surface area contributed by atoms with Crippen molar-refractivity contribution in [2.45, 2.75) is 26.1 Å². The minimum absolute atomic E-state index is 0.151. The van der Waals surface area contributed by atoms with Gasteiger partial charge in [-0.3, -0.25) is 0 Å². The zero-order chi connectivity index (χ0) is 19.7. The van der Waals surface area contributed by atoms with Crippen LogP contribution in [0.2, 0.25) is 0 Å². The van der Waals surface area contributed by atoms with Gasteiger partial charge in [0.1, 0.15) is 0 Å². The second kappa shape index (κ2) is 16.6. The molecule has 1 aromatic carbocycles. The molecule has 0 aliphatic carbocycles.